The van der Waals surface area contributed by atoms with E-state index in [1.54, 1.807) is 12.1 Å². The van der Waals surface area contributed by atoms with Crippen LogP contribution < -0.4 is 5.32 Å². The zero-order chi connectivity index (χ0) is 13.9. The Morgan fingerprint density at radius 2 is 2.16 bits per heavy atom. The van der Waals surface area contributed by atoms with Crippen molar-refractivity contribution < 1.29 is 9.90 Å². The summed E-state index contributed by atoms with van der Waals surface area (Å²) in [5.41, 5.74) is 0.323. The Hall–Kier alpha value is -0.680. The van der Waals surface area contributed by atoms with E-state index in [0.29, 0.717) is 12.1 Å². The van der Waals surface area contributed by atoms with Gasteiger partial charge >= 0.3 is 0 Å². The molecule has 104 valence electrons. The van der Waals surface area contributed by atoms with Crippen molar-refractivity contribution in [2.45, 2.75) is 30.4 Å². The number of thioether (sulfide) groups is 1. The maximum absolute atomic E-state index is 12.1. The zero-order valence-corrected chi connectivity index (χ0v) is 13.3. The molecule has 2 N–H and O–H groups in total. The quantitative estimate of drug-likeness (QED) is 0.878. The predicted octanol–water partition coefficient (Wildman–Crippen LogP) is 3.56. The summed E-state index contributed by atoms with van der Waals surface area (Å²) in [4.78, 5) is 12.1. The third kappa shape index (κ3) is 3.45. The van der Waals surface area contributed by atoms with Crippen LogP contribution in [0.1, 0.15) is 36.0 Å². The second-order valence-electron chi connectivity index (χ2n) is 4.94. The van der Waals surface area contributed by atoms with Crippen LogP contribution >= 0.6 is 27.7 Å². The van der Waals surface area contributed by atoms with Crippen LogP contribution in [0, 0.1) is 0 Å². The summed E-state index contributed by atoms with van der Waals surface area (Å²) < 4.78 is 0.966. The third-order valence-corrected chi connectivity index (χ3v) is 5.63. The van der Waals surface area contributed by atoms with Crippen molar-refractivity contribution in [3.8, 4) is 5.75 Å². The number of carbonyl (C=O) groups is 1. The van der Waals surface area contributed by atoms with E-state index in [1.807, 2.05) is 11.8 Å². The number of benzene rings is 1. The van der Waals surface area contributed by atoms with Gasteiger partial charge in [0.05, 0.1) is 5.56 Å². The van der Waals surface area contributed by atoms with E-state index >= 15 is 0 Å². The summed E-state index contributed by atoms with van der Waals surface area (Å²) in [7, 11) is 0. The lowest BCUT2D eigenvalue weighted by Gasteiger charge is -2.27. The Bertz CT molecular complexity index is 473. The highest BCUT2D eigenvalue weighted by molar-refractivity contribution is 9.10. The SMILES string of the molecule is CSC1(CNC(=O)c2cc(Br)ccc2O)CCCC1. The molecule has 1 amide bonds. The minimum absolute atomic E-state index is 0.0188. The fraction of sp³-hybridized carbons (Fsp3) is 0.500. The van der Waals surface area contributed by atoms with Gasteiger partial charge < -0.3 is 10.4 Å². The monoisotopic (exact) mass is 343 g/mol. The number of amides is 1. The molecule has 5 heteroatoms. The Balaban J connectivity index is 2.03. The van der Waals surface area contributed by atoms with Crippen LogP contribution in [-0.2, 0) is 0 Å². The molecule has 3 nitrogen and oxygen atoms in total. The molecule has 2 rings (SSSR count). The number of hydrogen-bond donors (Lipinski definition) is 2. The molecule has 0 heterocycles. The van der Waals surface area contributed by atoms with Gasteiger partial charge in [0, 0.05) is 15.8 Å². The highest BCUT2D eigenvalue weighted by Gasteiger charge is 2.33. The van der Waals surface area contributed by atoms with Crippen LogP contribution in [0.4, 0.5) is 0 Å². The Kier molecular flexibility index (Phi) is 4.79. The van der Waals surface area contributed by atoms with Crippen molar-refractivity contribution >= 4 is 33.6 Å². The molecule has 0 aliphatic heterocycles. The molecule has 1 aliphatic rings. The first-order valence-electron chi connectivity index (χ1n) is 6.38. The van der Waals surface area contributed by atoms with E-state index in [0.717, 1.165) is 17.3 Å². The number of phenolic OH excluding ortho intramolecular Hbond substituents is 1. The van der Waals surface area contributed by atoms with Crippen molar-refractivity contribution in [2.24, 2.45) is 0 Å². The van der Waals surface area contributed by atoms with Crippen molar-refractivity contribution in [2.75, 3.05) is 12.8 Å². The lowest BCUT2D eigenvalue weighted by molar-refractivity contribution is 0.0947. The second kappa shape index (κ2) is 6.18. The smallest absolute Gasteiger partial charge is 0.255 e. The number of aromatic hydroxyl groups is 1. The number of rotatable bonds is 4. The van der Waals surface area contributed by atoms with Gasteiger partial charge in [0.2, 0.25) is 0 Å². The van der Waals surface area contributed by atoms with Crippen LogP contribution in [0.25, 0.3) is 0 Å². The van der Waals surface area contributed by atoms with Crippen molar-refractivity contribution in [1.29, 1.82) is 0 Å². The summed E-state index contributed by atoms with van der Waals surface area (Å²) in [6.45, 7) is 0.666. The lowest BCUT2D eigenvalue weighted by atomic mass is 10.1. The summed E-state index contributed by atoms with van der Waals surface area (Å²) in [6.07, 6.45) is 6.88. The topological polar surface area (TPSA) is 49.3 Å². The fourth-order valence-corrected chi connectivity index (χ4v) is 3.77. The highest BCUT2D eigenvalue weighted by atomic mass is 79.9. The molecule has 0 spiro atoms. The van der Waals surface area contributed by atoms with Crippen LogP contribution in [0.2, 0.25) is 0 Å². The van der Waals surface area contributed by atoms with E-state index in [1.165, 1.54) is 18.9 Å². The van der Waals surface area contributed by atoms with Crippen molar-refractivity contribution in [1.82, 2.24) is 5.32 Å². The maximum atomic E-state index is 12.1. The molecule has 0 unspecified atom stereocenters. The minimum Gasteiger partial charge on any atom is -0.507 e. The van der Waals surface area contributed by atoms with Gasteiger partial charge in [-0.25, -0.2) is 0 Å². The average molecular weight is 344 g/mol. The maximum Gasteiger partial charge on any atom is 0.255 e. The van der Waals surface area contributed by atoms with Gasteiger partial charge in [-0.3, -0.25) is 4.79 Å². The van der Waals surface area contributed by atoms with Crippen LogP contribution in [-0.4, -0.2) is 28.6 Å². The Morgan fingerprint density at radius 1 is 1.47 bits per heavy atom. The van der Waals surface area contributed by atoms with Gasteiger partial charge in [-0.2, -0.15) is 11.8 Å². The molecule has 1 aliphatic carbocycles. The number of nitrogens with one attached hydrogen (secondary N) is 1. The molecule has 0 bridgehead atoms. The molecule has 1 aromatic carbocycles. The largest absolute Gasteiger partial charge is 0.507 e. The molecule has 0 aromatic heterocycles. The number of halogens is 1. The molecule has 0 radical (unpaired) electrons. The summed E-state index contributed by atoms with van der Waals surface area (Å²) in [6, 6.07) is 4.89. The van der Waals surface area contributed by atoms with E-state index in [-0.39, 0.29) is 16.4 Å². The summed E-state index contributed by atoms with van der Waals surface area (Å²) >= 11 is 5.15. The number of carbonyl (C=O) groups excluding carboxylic acids is 1. The summed E-state index contributed by atoms with van der Waals surface area (Å²) in [5, 5.41) is 12.7. The van der Waals surface area contributed by atoms with E-state index in [4.69, 9.17) is 0 Å². The molecule has 0 saturated heterocycles. The standard InChI is InChI=1S/C14H18BrNO2S/c1-19-14(6-2-3-7-14)9-16-13(18)11-8-10(15)4-5-12(11)17/h4-5,8,17H,2-3,6-7,9H2,1H3,(H,16,18). The van der Waals surface area contributed by atoms with Crippen molar-refractivity contribution in [3.05, 3.63) is 28.2 Å². The average Bonchev–Trinajstić information content (AvgIpc) is 2.88. The van der Waals surface area contributed by atoms with Crippen LogP contribution in [0.5, 0.6) is 5.75 Å². The second-order valence-corrected chi connectivity index (χ2v) is 7.13. The van der Waals surface area contributed by atoms with E-state index < -0.39 is 0 Å². The first-order chi connectivity index (χ1) is 9.06. The molecule has 1 aromatic rings. The third-order valence-electron chi connectivity index (χ3n) is 3.72. The summed E-state index contributed by atoms with van der Waals surface area (Å²) in [5.74, 6) is -0.190. The zero-order valence-electron chi connectivity index (χ0n) is 10.9. The first kappa shape index (κ1) is 14.7. The van der Waals surface area contributed by atoms with E-state index in [9.17, 15) is 9.90 Å². The van der Waals surface area contributed by atoms with Crippen LogP contribution in [0.3, 0.4) is 0 Å². The molecule has 1 fully saturated rings. The van der Waals surface area contributed by atoms with Gasteiger partial charge in [-0.15, -0.1) is 0 Å². The first-order valence-corrected chi connectivity index (χ1v) is 8.40. The highest BCUT2D eigenvalue weighted by Crippen LogP contribution is 2.39. The van der Waals surface area contributed by atoms with Gasteiger partial charge in [-0.05, 0) is 37.3 Å². The van der Waals surface area contributed by atoms with Gasteiger partial charge in [0.1, 0.15) is 5.75 Å². The molecular weight excluding hydrogens is 326 g/mol. The molecule has 1 saturated carbocycles. The molecule has 0 atom stereocenters. The van der Waals surface area contributed by atoms with Gasteiger partial charge in [0.25, 0.3) is 5.91 Å². The fourth-order valence-electron chi connectivity index (χ4n) is 2.50. The van der Waals surface area contributed by atoms with Gasteiger partial charge in [0.15, 0.2) is 0 Å². The molecular formula is C14H18BrNO2S. The lowest BCUT2D eigenvalue weighted by Crippen LogP contribution is -2.38. The normalized spacial score (nSPS) is 17.4. The van der Waals surface area contributed by atoms with E-state index in [2.05, 4.69) is 27.5 Å². The van der Waals surface area contributed by atoms with Gasteiger partial charge in [-0.1, -0.05) is 28.8 Å². The number of hydrogen-bond acceptors (Lipinski definition) is 3. The van der Waals surface area contributed by atoms with Crippen molar-refractivity contribution in [3.63, 3.8) is 0 Å². The molecule has 19 heavy (non-hydrogen) atoms. The Morgan fingerprint density at radius 3 is 2.79 bits per heavy atom. The predicted molar refractivity (Wildman–Crippen MR) is 82.9 cm³/mol. The minimum atomic E-state index is -0.209. The van der Waals surface area contributed by atoms with Crippen LogP contribution in [0.15, 0.2) is 22.7 Å². The Labute approximate surface area is 126 Å². The number of phenols is 1.